The molecule has 0 bridgehead atoms. The quantitative estimate of drug-likeness (QED) is 0.698. The van der Waals surface area contributed by atoms with E-state index in [1.165, 1.54) is 25.8 Å². The van der Waals surface area contributed by atoms with Crippen LogP contribution in [0.4, 0.5) is 0 Å². The van der Waals surface area contributed by atoms with Crippen molar-refractivity contribution in [1.29, 1.82) is 0 Å². The Hall–Kier alpha value is -0.860. The van der Waals surface area contributed by atoms with E-state index >= 15 is 0 Å². The Morgan fingerprint density at radius 2 is 1.41 bits per heavy atom. The van der Waals surface area contributed by atoms with Crippen LogP contribution in [0.5, 0.6) is 0 Å². The zero-order valence-electron chi connectivity index (χ0n) is 10.4. The highest BCUT2D eigenvalue weighted by atomic mass is 32.2. The van der Waals surface area contributed by atoms with Crippen molar-refractivity contribution in [3.63, 3.8) is 0 Å². The van der Waals surface area contributed by atoms with Crippen molar-refractivity contribution in [2.24, 2.45) is 0 Å². The lowest BCUT2D eigenvalue weighted by molar-refractivity contribution is 1.21. The van der Waals surface area contributed by atoms with E-state index in [-0.39, 0.29) is 0 Å². The first kappa shape index (κ1) is 12.6. The summed E-state index contributed by atoms with van der Waals surface area (Å²) in [6, 6.07) is 15.3. The number of hydrogen-bond acceptors (Lipinski definition) is 2. The second kappa shape index (κ2) is 5.65. The molecule has 0 aliphatic rings. The maximum Gasteiger partial charge on any atom is 0.0260 e. The molecule has 0 atom stereocenters. The van der Waals surface area contributed by atoms with Gasteiger partial charge in [0.1, 0.15) is 0 Å². The topological polar surface area (TPSA) is 0 Å². The highest BCUT2D eigenvalue weighted by Crippen LogP contribution is 2.35. The number of thioether (sulfide) groups is 1. The third-order valence-electron chi connectivity index (χ3n) is 2.57. The second-order valence-corrected chi connectivity index (χ2v) is 6.03. The molecule has 0 saturated heterocycles. The van der Waals surface area contributed by atoms with Crippen LogP contribution in [0.1, 0.15) is 11.1 Å². The van der Waals surface area contributed by atoms with Gasteiger partial charge in [0.2, 0.25) is 0 Å². The van der Waals surface area contributed by atoms with Crippen LogP contribution in [0.3, 0.4) is 0 Å². The Morgan fingerprint density at radius 3 is 2.06 bits per heavy atom. The maximum absolute atomic E-state index is 2.26. The molecule has 0 fully saturated rings. The van der Waals surface area contributed by atoms with Gasteiger partial charge in [-0.05, 0) is 49.9 Å². The van der Waals surface area contributed by atoms with Crippen molar-refractivity contribution >= 4 is 23.5 Å². The van der Waals surface area contributed by atoms with Gasteiger partial charge < -0.3 is 0 Å². The highest BCUT2D eigenvalue weighted by Gasteiger charge is 2.04. The average Bonchev–Trinajstić information content (AvgIpc) is 2.32. The largest absolute Gasteiger partial charge is 0.128 e. The molecule has 0 aliphatic heterocycles. The lowest BCUT2D eigenvalue weighted by Crippen LogP contribution is -1.81. The van der Waals surface area contributed by atoms with E-state index in [0.717, 1.165) is 0 Å². The zero-order valence-corrected chi connectivity index (χ0v) is 12.0. The Bertz CT molecular complexity index is 501. The second-order valence-electron chi connectivity index (χ2n) is 4.07. The van der Waals surface area contributed by atoms with Gasteiger partial charge in [-0.25, -0.2) is 0 Å². The van der Waals surface area contributed by atoms with Crippen LogP contribution >= 0.6 is 23.5 Å². The number of rotatable bonds is 3. The van der Waals surface area contributed by atoms with E-state index < -0.39 is 0 Å². The van der Waals surface area contributed by atoms with Crippen molar-refractivity contribution in [2.75, 3.05) is 6.26 Å². The molecule has 0 heterocycles. The number of aryl methyl sites for hydroxylation is 2. The normalized spacial score (nSPS) is 10.5. The fourth-order valence-corrected chi connectivity index (χ4v) is 3.38. The van der Waals surface area contributed by atoms with E-state index in [4.69, 9.17) is 0 Å². The monoisotopic (exact) mass is 260 g/mol. The van der Waals surface area contributed by atoms with Crippen LogP contribution in [0.25, 0.3) is 0 Å². The molecule has 88 valence electrons. The first-order valence-electron chi connectivity index (χ1n) is 5.58. The van der Waals surface area contributed by atoms with Gasteiger partial charge in [-0.1, -0.05) is 35.5 Å². The van der Waals surface area contributed by atoms with Crippen molar-refractivity contribution < 1.29 is 0 Å². The molecule has 0 aliphatic carbocycles. The molecule has 0 unspecified atom stereocenters. The summed E-state index contributed by atoms with van der Waals surface area (Å²) in [6.45, 7) is 4.26. The summed E-state index contributed by atoms with van der Waals surface area (Å²) in [5, 5.41) is 0. The average molecular weight is 260 g/mol. The minimum Gasteiger partial charge on any atom is -0.128 e. The van der Waals surface area contributed by atoms with Crippen molar-refractivity contribution in [3.05, 3.63) is 53.6 Å². The summed E-state index contributed by atoms with van der Waals surface area (Å²) >= 11 is 3.65. The van der Waals surface area contributed by atoms with Gasteiger partial charge in [0.25, 0.3) is 0 Å². The van der Waals surface area contributed by atoms with Gasteiger partial charge in [-0.15, -0.1) is 11.8 Å². The van der Waals surface area contributed by atoms with Crippen molar-refractivity contribution in [1.82, 2.24) is 0 Å². The summed E-state index contributed by atoms with van der Waals surface area (Å²) in [5.41, 5.74) is 2.63. The van der Waals surface area contributed by atoms with E-state index in [1.807, 2.05) is 11.8 Å². The molecule has 2 aromatic carbocycles. The fourth-order valence-electron chi connectivity index (χ4n) is 1.60. The predicted octanol–water partition coefficient (Wildman–Crippen LogP) is 5.18. The molecule has 0 spiro atoms. The predicted molar refractivity (Wildman–Crippen MR) is 78.3 cm³/mol. The lowest BCUT2D eigenvalue weighted by Gasteiger charge is -2.08. The minimum absolute atomic E-state index is 1.30. The van der Waals surface area contributed by atoms with Crippen LogP contribution in [-0.4, -0.2) is 6.26 Å². The molecule has 0 N–H and O–H groups in total. The van der Waals surface area contributed by atoms with Gasteiger partial charge in [-0.2, -0.15) is 0 Å². The van der Waals surface area contributed by atoms with Gasteiger partial charge in [0.05, 0.1) is 0 Å². The van der Waals surface area contributed by atoms with E-state index in [2.05, 4.69) is 62.6 Å². The smallest absolute Gasteiger partial charge is 0.0260 e. The first-order chi connectivity index (χ1) is 8.19. The molecular weight excluding hydrogens is 244 g/mol. The molecule has 2 rings (SSSR count). The maximum atomic E-state index is 2.26. The standard InChI is InChI=1S/C15H16S2/c1-11-4-7-13(8-5-11)17-15-10-12(2)6-9-14(15)16-3/h4-10H,1-3H3. The molecule has 0 nitrogen and oxygen atoms in total. The molecule has 0 radical (unpaired) electrons. The van der Waals surface area contributed by atoms with Crippen LogP contribution in [0, 0.1) is 13.8 Å². The van der Waals surface area contributed by atoms with Gasteiger partial charge in [-0.3, -0.25) is 0 Å². The Labute approximate surface area is 112 Å². The summed E-state index contributed by atoms with van der Waals surface area (Å²) in [4.78, 5) is 4.00. The summed E-state index contributed by atoms with van der Waals surface area (Å²) in [6.07, 6.45) is 2.13. The van der Waals surface area contributed by atoms with Crippen molar-refractivity contribution in [3.8, 4) is 0 Å². The molecular formula is C15H16S2. The fraction of sp³-hybridized carbons (Fsp3) is 0.200. The number of benzene rings is 2. The number of hydrogen-bond donors (Lipinski definition) is 0. The Kier molecular flexibility index (Phi) is 4.19. The molecule has 0 aromatic heterocycles. The van der Waals surface area contributed by atoms with E-state index in [0.29, 0.717) is 0 Å². The zero-order chi connectivity index (χ0) is 12.3. The van der Waals surface area contributed by atoms with E-state index in [1.54, 1.807) is 11.8 Å². The molecule has 2 aromatic rings. The molecule has 0 saturated carbocycles. The Balaban J connectivity index is 2.28. The third-order valence-corrected chi connectivity index (χ3v) is 4.56. The summed E-state index contributed by atoms with van der Waals surface area (Å²) < 4.78 is 0. The molecule has 17 heavy (non-hydrogen) atoms. The van der Waals surface area contributed by atoms with Crippen LogP contribution in [0.2, 0.25) is 0 Å². The highest BCUT2D eigenvalue weighted by molar-refractivity contribution is 8.02. The SMILES string of the molecule is CSc1ccc(C)cc1Sc1ccc(C)cc1. The Morgan fingerprint density at radius 1 is 0.765 bits per heavy atom. The summed E-state index contributed by atoms with van der Waals surface area (Å²) in [5.74, 6) is 0. The third kappa shape index (κ3) is 3.30. The molecule has 2 heteroatoms. The van der Waals surface area contributed by atoms with Crippen LogP contribution in [-0.2, 0) is 0 Å². The van der Waals surface area contributed by atoms with E-state index in [9.17, 15) is 0 Å². The van der Waals surface area contributed by atoms with Crippen molar-refractivity contribution in [2.45, 2.75) is 28.5 Å². The van der Waals surface area contributed by atoms with Crippen LogP contribution < -0.4 is 0 Å². The van der Waals surface area contributed by atoms with Gasteiger partial charge >= 0.3 is 0 Å². The minimum atomic E-state index is 1.30. The van der Waals surface area contributed by atoms with Crippen LogP contribution in [0.15, 0.2) is 57.2 Å². The van der Waals surface area contributed by atoms with Gasteiger partial charge in [0, 0.05) is 14.7 Å². The molecule has 0 amide bonds. The first-order valence-corrected chi connectivity index (χ1v) is 7.62. The lowest BCUT2D eigenvalue weighted by atomic mass is 10.2. The summed E-state index contributed by atoms with van der Waals surface area (Å²) in [7, 11) is 0. The van der Waals surface area contributed by atoms with Gasteiger partial charge in [0.15, 0.2) is 0 Å².